The van der Waals surface area contributed by atoms with Gasteiger partial charge in [-0.15, -0.1) is 0 Å². The van der Waals surface area contributed by atoms with Gasteiger partial charge in [-0.25, -0.2) is 9.79 Å². The summed E-state index contributed by atoms with van der Waals surface area (Å²) in [7, 11) is 0. The molecule has 1 aliphatic heterocycles. The first kappa shape index (κ1) is 24.5. The fourth-order valence-electron chi connectivity index (χ4n) is 3.82. The number of aliphatic imine (C=N–C) groups is 1. The highest BCUT2D eigenvalue weighted by atomic mass is 127. The van der Waals surface area contributed by atoms with E-state index >= 15 is 0 Å². The minimum atomic E-state index is -0.485. The normalized spacial score (nSPS) is 14.1. The predicted octanol–water partition coefficient (Wildman–Crippen LogP) is 7.53. The van der Waals surface area contributed by atoms with Crippen molar-refractivity contribution in [2.45, 2.75) is 13.5 Å². The average molecular weight is 654 g/mol. The highest BCUT2D eigenvalue weighted by molar-refractivity contribution is 14.1. The van der Waals surface area contributed by atoms with Crippen molar-refractivity contribution >= 4 is 67.2 Å². The van der Waals surface area contributed by atoms with E-state index < -0.39 is 5.97 Å². The summed E-state index contributed by atoms with van der Waals surface area (Å²) in [6.45, 7) is 2.82. The van der Waals surface area contributed by atoms with Gasteiger partial charge in [-0.2, -0.15) is 0 Å². The molecule has 4 aromatic rings. The number of fused-ring (bicyclic) bond motifs is 1. The van der Waals surface area contributed by atoms with E-state index in [1.54, 1.807) is 6.08 Å². The van der Waals surface area contributed by atoms with Crippen molar-refractivity contribution in [3.05, 3.63) is 109 Å². The maximum Gasteiger partial charge on any atom is 0.363 e. The molecular formula is C29H21BrINO4. The maximum absolute atomic E-state index is 12.6. The van der Waals surface area contributed by atoms with Gasteiger partial charge in [-0.3, -0.25) is 0 Å². The van der Waals surface area contributed by atoms with Gasteiger partial charge in [0.1, 0.15) is 6.61 Å². The van der Waals surface area contributed by atoms with Crippen molar-refractivity contribution in [3.63, 3.8) is 0 Å². The summed E-state index contributed by atoms with van der Waals surface area (Å²) in [6, 6.07) is 25.7. The molecule has 0 amide bonds. The van der Waals surface area contributed by atoms with E-state index in [0.717, 1.165) is 35.5 Å². The molecule has 0 N–H and O–H groups in total. The van der Waals surface area contributed by atoms with E-state index in [2.05, 4.69) is 43.5 Å². The molecule has 5 nitrogen and oxygen atoms in total. The Morgan fingerprint density at radius 3 is 2.53 bits per heavy atom. The quantitative estimate of drug-likeness (QED) is 0.118. The minimum absolute atomic E-state index is 0.236. The molecule has 1 aliphatic rings. The lowest BCUT2D eigenvalue weighted by Gasteiger charge is -2.15. The SMILES string of the molecule is CCOc1cc(/C=C2\N=C(c3ccc4ccccc4c3)OC2=O)cc(I)c1OCc1ccc(Br)cc1. The third-order valence-electron chi connectivity index (χ3n) is 5.55. The average Bonchev–Trinajstić information content (AvgIpc) is 3.24. The van der Waals surface area contributed by atoms with Crippen molar-refractivity contribution in [2.24, 2.45) is 4.99 Å². The van der Waals surface area contributed by atoms with Crippen LogP contribution in [0.5, 0.6) is 11.5 Å². The van der Waals surface area contributed by atoms with Crippen molar-refractivity contribution in [1.82, 2.24) is 0 Å². The largest absolute Gasteiger partial charge is 0.490 e. The molecule has 0 saturated carbocycles. The van der Waals surface area contributed by atoms with Crippen LogP contribution < -0.4 is 9.47 Å². The van der Waals surface area contributed by atoms with Crippen molar-refractivity contribution in [1.29, 1.82) is 0 Å². The molecule has 0 radical (unpaired) electrons. The second-order valence-corrected chi connectivity index (χ2v) is 10.2. The number of hydrogen-bond donors (Lipinski definition) is 0. The first-order valence-electron chi connectivity index (χ1n) is 11.4. The Morgan fingerprint density at radius 2 is 1.75 bits per heavy atom. The van der Waals surface area contributed by atoms with E-state index in [1.165, 1.54) is 0 Å². The molecule has 0 aromatic heterocycles. The van der Waals surface area contributed by atoms with Gasteiger partial charge >= 0.3 is 5.97 Å². The van der Waals surface area contributed by atoms with Crippen LogP contribution in [0.2, 0.25) is 0 Å². The molecule has 7 heteroatoms. The fraction of sp³-hybridized carbons (Fsp3) is 0.103. The summed E-state index contributed by atoms with van der Waals surface area (Å²) >= 11 is 5.67. The van der Waals surface area contributed by atoms with Gasteiger partial charge in [0.25, 0.3) is 0 Å². The molecule has 5 rings (SSSR count). The Morgan fingerprint density at radius 1 is 0.972 bits per heavy atom. The topological polar surface area (TPSA) is 57.1 Å². The molecule has 1 heterocycles. The summed E-state index contributed by atoms with van der Waals surface area (Å²) < 4.78 is 19.4. The van der Waals surface area contributed by atoms with Crippen LogP contribution in [-0.4, -0.2) is 18.5 Å². The third-order valence-corrected chi connectivity index (χ3v) is 6.88. The van der Waals surface area contributed by atoms with Crippen LogP contribution in [0.25, 0.3) is 16.8 Å². The molecule has 180 valence electrons. The number of cyclic esters (lactones) is 1. The van der Waals surface area contributed by atoms with Crippen molar-refractivity contribution in [2.75, 3.05) is 6.61 Å². The molecule has 0 bridgehead atoms. The van der Waals surface area contributed by atoms with Gasteiger partial charge in [0.05, 0.1) is 10.2 Å². The van der Waals surface area contributed by atoms with Crippen LogP contribution in [0, 0.1) is 3.57 Å². The lowest BCUT2D eigenvalue weighted by Crippen LogP contribution is -2.05. The second kappa shape index (κ2) is 10.8. The van der Waals surface area contributed by atoms with Gasteiger partial charge < -0.3 is 14.2 Å². The van der Waals surface area contributed by atoms with Crippen LogP contribution in [0.4, 0.5) is 0 Å². The van der Waals surface area contributed by atoms with E-state index in [0.29, 0.717) is 30.6 Å². The molecular weight excluding hydrogens is 633 g/mol. The highest BCUT2D eigenvalue weighted by Gasteiger charge is 2.25. The zero-order valence-corrected chi connectivity index (χ0v) is 23.1. The standard InChI is InChI=1S/C29H21BrINO4/c1-2-34-26-15-19(13-24(31)27(26)35-17-18-7-11-23(30)12-8-18)14-25-29(33)36-28(32-25)22-10-9-20-5-3-4-6-21(20)16-22/h3-16H,2,17H2,1H3/b25-14-. The fourth-order valence-corrected chi connectivity index (χ4v) is 4.87. The van der Waals surface area contributed by atoms with E-state index in [1.807, 2.05) is 85.8 Å². The van der Waals surface area contributed by atoms with Crippen LogP contribution in [0.15, 0.2) is 94.0 Å². The number of halogens is 2. The molecule has 0 saturated heterocycles. The number of carbonyl (C=O) groups is 1. The Balaban J connectivity index is 1.42. The molecule has 0 atom stereocenters. The monoisotopic (exact) mass is 653 g/mol. The third kappa shape index (κ3) is 5.47. The van der Waals surface area contributed by atoms with E-state index in [-0.39, 0.29) is 5.70 Å². The Kier molecular flexibility index (Phi) is 7.38. The number of nitrogens with zero attached hydrogens (tertiary/aromatic N) is 1. The summed E-state index contributed by atoms with van der Waals surface area (Å²) in [6.07, 6.45) is 1.71. The zero-order valence-electron chi connectivity index (χ0n) is 19.3. The number of benzene rings is 4. The first-order valence-corrected chi connectivity index (χ1v) is 13.2. The van der Waals surface area contributed by atoms with E-state index in [9.17, 15) is 4.79 Å². The molecule has 0 fully saturated rings. The van der Waals surface area contributed by atoms with Crippen molar-refractivity contribution < 1.29 is 19.0 Å². The second-order valence-electron chi connectivity index (χ2n) is 8.08. The predicted molar refractivity (Wildman–Crippen MR) is 153 cm³/mol. The number of ether oxygens (including phenoxy) is 3. The summed E-state index contributed by atoms with van der Waals surface area (Å²) in [4.78, 5) is 17.1. The number of esters is 1. The smallest absolute Gasteiger partial charge is 0.363 e. The Bertz CT molecular complexity index is 1510. The van der Waals surface area contributed by atoms with Gasteiger partial charge in [0.2, 0.25) is 5.90 Å². The highest BCUT2D eigenvalue weighted by Crippen LogP contribution is 2.36. The minimum Gasteiger partial charge on any atom is -0.490 e. The van der Waals surface area contributed by atoms with Gasteiger partial charge in [0.15, 0.2) is 17.2 Å². The van der Waals surface area contributed by atoms with Gasteiger partial charge in [-0.1, -0.05) is 58.4 Å². The first-order chi connectivity index (χ1) is 17.5. The lowest BCUT2D eigenvalue weighted by atomic mass is 10.1. The Hall–Kier alpha value is -3.17. The Labute approximate surface area is 231 Å². The van der Waals surface area contributed by atoms with E-state index in [4.69, 9.17) is 14.2 Å². The van der Waals surface area contributed by atoms with Crippen LogP contribution in [0.3, 0.4) is 0 Å². The molecule has 0 unspecified atom stereocenters. The number of carbonyl (C=O) groups excluding carboxylic acids is 1. The lowest BCUT2D eigenvalue weighted by molar-refractivity contribution is -0.129. The van der Waals surface area contributed by atoms with Crippen LogP contribution in [0.1, 0.15) is 23.6 Å². The molecule has 36 heavy (non-hydrogen) atoms. The molecule has 0 aliphatic carbocycles. The number of hydrogen-bond acceptors (Lipinski definition) is 5. The summed E-state index contributed by atoms with van der Waals surface area (Å²) in [5.74, 6) is 1.09. The maximum atomic E-state index is 12.6. The summed E-state index contributed by atoms with van der Waals surface area (Å²) in [5, 5.41) is 2.17. The van der Waals surface area contributed by atoms with Crippen LogP contribution in [-0.2, 0) is 16.1 Å². The van der Waals surface area contributed by atoms with Crippen LogP contribution >= 0.6 is 38.5 Å². The molecule has 4 aromatic carbocycles. The van der Waals surface area contributed by atoms with Gasteiger partial charge in [0, 0.05) is 10.0 Å². The molecule has 0 spiro atoms. The van der Waals surface area contributed by atoms with Gasteiger partial charge in [-0.05, 0) is 93.9 Å². The van der Waals surface area contributed by atoms with Crippen molar-refractivity contribution in [3.8, 4) is 11.5 Å². The zero-order chi connectivity index (χ0) is 25.1. The number of rotatable bonds is 7. The summed E-state index contributed by atoms with van der Waals surface area (Å²) in [5.41, 5.74) is 2.81.